The number of carbonyl (C=O) groups is 4. The topological polar surface area (TPSA) is 182 Å². The van der Waals surface area contributed by atoms with E-state index in [1.54, 1.807) is 58.2 Å². The normalized spacial score (nSPS) is 26.7. The lowest BCUT2D eigenvalue weighted by molar-refractivity contribution is -0.149. The lowest BCUT2D eigenvalue weighted by atomic mass is 9.85. The van der Waals surface area contributed by atoms with E-state index in [9.17, 15) is 27.6 Å². The van der Waals surface area contributed by atoms with Crippen LogP contribution < -0.4 is 29.6 Å². The maximum atomic E-state index is 14.8. The Morgan fingerprint density at radius 1 is 1.04 bits per heavy atom. The summed E-state index contributed by atoms with van der Waals surface area (Å²) >= 11 is 0. The lowest BCUT2D eigenvalue weighted by Crippen LogP contribution is -2.63. The molecule has 6 atom stereocenters. The van der Waals surface area contributed by atoms with Crippen LogP contribution in [0, 0.1) is 11.3 Å². The van der Waals surface area contributed by atoms with E-state index in [1.165, 1.54) is 11.0 Å². The molecule has 14 nitrogen and oxygen atoms in total. The van der Waals surface area contributed by atoms with Gasteiger partial charge in [0.2, 0.25) is 33.3 Å². The molecule has 0 bridgehead atoms. The van der Waals surface area contributed by atoms with Gasteiger partial charge in [0.15, 0.2) is 11.5 Å². The zero-order chi connectivity index (χ0) is 38.6. The molecule has 2 aliphatic carbocycles. The van der Waals surface area contributed by atoms with Crippen LogP contribution in [-0.4, -0.2) is 89.7 Å². The summed E-state index contributed by atoms with van der Waals surface area (Å²) in [6, 6.07) is 14.0. The van der Waals surface area contributed by atoms with Gasteiger partial charge in [-0.3, -0.25) is 23.9 Å². The molecule has 54 heavy (non-hydrogen) atoms. The quantitative estimate of drug-likeness (QED) is 0.246. The van der Waals surface area contributed by atoms with Crippen molar-refractivity contribution in [3.8, 4) is 17.4 Å². The highest BCUT2D eigenvalue weighted by atomic mass is 32.2. The van der Waals surface area contributed by atoms with E-state index in [2.05, 4.69) is 26.9 Å². The molecule has 3 heterocycles. The van der Waals surface area contributed by atoms with Gasteiger partial charge < -0.3 is 29.7 Å². The molecule has 4 aliphatic rings. The van der Waals surface area contributed by atoms with E-state index in [0.717, 1.165) is 10.8 Å². The molecule has 0 radical (unpaired) electrons. The Bertz CT molecular complexity index is 2130. The molecule has 1 saturated heterocycles. The summed E-state index contributed by atoms with van der Waals surface area (Å²) in [5, 5.41) is 6.68. The number of hydrogen-bond acceptors (Lipinski definition) is 10. The van der Waals surface area contributed by atoms with Crippen molar-refractivity contribution in [1.82, 2.24) is 25.2 Å². The second-order valence-electron chi connectivity index (χ2n) is 15.8. The summed E-state index contributed by atoms with van der Waals surface area (Å²) in [4.78, 5) is 62.4. The standard InChI is InChI=1S/C39H45N5O9S/c1-6-24-20-39(24,36(48)43-54(49,50)26-15-16-26)42-32(45)28-19-25(52-33-27-12-8-7-11-23(27)17-18-40-33)21-44(28)34(46)31(37(2,3)4)41-35(47)38(5)22-51-29-13-9-10-14-30(29)53-38/h6-14,17-18,24-26,28,31H,1,15-16,19-22H2,2-5H3,(H,41,47)(H,42,45)(H,43,48)/t24-,25-,28+,31-,38+,39-/m1/s1. The molecule has 15 heteroatoms. The molecule has 286 valence electrons. The van der Waals surface area contributed by atoms with E-state index >= 15 is 0 Å². The number of carbonyl (C=O) groups excluding carboxylic acids is 4. The van der Waals surface area contributed by atoms with Gasteiger partial charge in [-0.05, 0) is 61.3 Å². The third-order valence-corrected chi connectivity index (χ3v) is 12.4. The van der Waals surface area contributed by atoms with E-state index in [1.807, 2.05) is 30.3 Å². The van der Waals surface area contributed by atoms with Crippen molar-refractivity contribution in [3.05, 3.63) is 73.4 Å². The number of benzene rings is 2. The van der Waals surface area contributed by atoms with Crippen molar-refractivity contribution in [3.63, 3.8) is 0 Å². The summed E-state index contributed by atoms with van der Waals surface area (Å²) in [6.45, 7) is 10.6. The SMILES string of the molecule is C=C[C@@H]1C[C@]1(NC(=O)[C@@H]1C[C@@H](Oc2nccc3ccccc23)CN1C(=O)[C@@H](NC(=O)[C@]1(C)COc2ccccc2O1)C(C)(C)C)C(=O)NS(=O)(=O)C1CC1. The zero-order valence-electron chi connectivity index (χ0n) is 30.7. The highest BCUT2D eigenvalue weighted by Crippen LogP contribution is 2.46. The van der Waals surface area contributed by atoms with Crippen molar-refractivity contribution in [2.75, 3.05) is 13.2 Å². The molecule has 2 aliphatic heterocycles. The van der Waals surface area contributed by atoms with E-state index in [-0.39, 0.29) is 26.0 Å². The van der Waals surface area contributed by atoms with E-state index in [0.29, 0.717) is 30.2 Å². The Labute approximate surface area is 314 Å². The highest BCUT2D eigenvalue weighted by molar-refractivity contribution is 7.91. The van der Waals surface area contributed by atoms with Crippen LogP contribution in [0.4, 0.5) is 0 Å². The zero-order valence-corrected chi connectivity index (χ0v) is 31.5. The number of ether oxygens (including phenoxy) is 3. The first-order valence-corrected chi connectivity index (χ1v) is 19.6. The smallest absolute Gasteiger partial charge is 0.268 e. The second-order valence-corrected chi connectivity index (χ2v) is 17.8. The minimum Gasteiger partial charge on any atom is -0.485 e. The summed E-state index contributed by atoms with van der Waals surface area (Å²) in [7, 11) is -3.91. The molecule has 3 N–H and O–H groups in total. The number of nitrogens with zero attached hydrogens (tertiary/aromatic N) is 2. The van der Waals surface area contributed by atoms with Crippen LogP contribution in [0.1, 0.15) is 53.4 Å². The summed E-state index contributed by atoms with van der Waals surface area (Å²) in [6.07, 6.45) is 3.47. The van der Waals surface area contributed by atoms with Gasteiger partial charge in [-0.15, -0.1) is 6.58 Å². The number of pyridine rings is 1. The molecule has 3 aromatic rings. The van der Waals surface area contributed by atoms with Gasteiger partial charge in [-0.1, -0.05) is 57.2 Å². The number of rotatable bonds is 11. The Hall–Kier alpha value is -5.18. The number of aromatic nitrogens is 1. The molecule has 0 spiro atoms. The van der Waals surface area contributed by atoms with E-state index in [4.69, 9.17) is 14.2 Å². The largest absolute Gasteiger partial charge is 0.485 e. The minimum atomic E-state index is -3.91. The fraction of sp³-hybridized carbons (Fsp3) is 0.462. The third kappa shape index (κ3) is 7.08. The second kappa shape index (κ2) is 13.6. The Morgan fingerprint density at radius 2 is 1.74 bits per heavy atom. The first-order valence-electron chi connectivity index (χ1n) is 18.1. The Balaban J connectivity index is 1.16. The molecular weight excluding hydrogens is 715 g/mol. The predicted molar refractivity (Wildman–Crippen MR) is 198 cm³/mol. The van der Waals surface area contributed by atoms with Crippen LogP contribution in [0.3, 0.4) is 0 Å². The summed E-state index contributed by atoms with van der Waals surface area (Å²) < 4.78 is 45.9. The van der Waals surface area contributed by atoms with Gasteiger partial charge in [0.25, 0.3) is 11.8 Å². The summed E-state index contributed by atoms with van der Waals surface area (Å²) in [5.74, 6) is -1.98. The Kier molecular flexibility index (Phi) is 9.35. The van der Waals surface area contributed by atoms with E-state index < -0.39 is 79.6 Å². The van der Waals surface area contributed by atoms with Crippen LogP contribution in [0.25, 0.3) is 10.8 Å². The van der Waals surface area contributed by atoms with Crippen LogP contribution in [-0.2, 0) is 29.2 Å². The Morgan fingerprint density at radius 3 is 2.43 bits per heavy atom. The molecule has 1 aromatic heterocycles. The highest BCUT2D eigenvalue weighted by Gasteiger charge is 2.62. The molecule has 3 fully saturated rings. The number of para-hydroxylation sites is 2. The average molecular weight is 760 g/mol. The van der Waals surface area contributed by atoms with Crippen LogP contribution in [0.2, 0.25) is 0 Å². The van der Waals surface area contributed by atoms with Crippen molar-refractivity contribution < 1.29 is 41.8 Å². The lowest BCUT2D eigenvalue weighted by Gasteiger charge is -2.39. The number of likely N-dealkylation sites (tertiary alicyclic amines) is 1. The van der Waals surface area contributed by atoms with Gasteiger partial charge >= 0.3 is 0 Å². The number of sulfonamides is 1. The van der Waals surface area contributed by atoms with Crippen molar-refractivity contribution >= 4 is 44.4 Å². The summed E-state index contributed by atoms with van der Waals surface area (Å²) in [5.41, 5.74) is -3.89. The van der Waals surface area contributed by atoms with Crippen LogP contribution in [0.15, 0.2) is 73.4 Å². The van der Waals surface area contributed by atoms with Crippen LogP contribution >= 0.6 is 0 Å². The van der Waals surface area contributed by atoms with Crippen molar-refractivity contribution in [1.29, 1.82) is 0 Å². The monoisotopic (exact) mass is 759 g/mol. The molecule has 4 amide bonds. The fourth-order valence-electron chi connectivity index (χ4n) is 7.09. The molecule has 0 unspecified atom stereocenters. The number of hydrogen-bond donors (Lipinski definition) is 3. The predicted octanol–water partition coefficient (Wildman–Crippen LogP) is 3.01. The minimum absolute atomic E-state index is 0.0234. The first kappa shape index (κ1) is 37.1. The van der Waals surface area contributed by atoms with Crippen molar-refractivity contribution in [2.24, 2.45) is 11.3 Å². The number of fused-ring (bicyclic) bond motifs is 2. The average Bonchev–Trinajstić information content (AvgIpc) is 4.06. The molecular formula is C39H45N5O9S. The van der Waals surface area contributed by atoms with Gasteiger partial charge in [0, 0.05) is 23.9 Å². The number of amides is 4. The molecule has 7 rings (SSSR count). The van der Waals surface area contributed by atoms with Crippen molar-refractivity contribution in [2.45, 2.75) is 88.0 Å². The number of nitrogens with one attached hydrogen (secondary N) is 3. The first-order chi connectivity index (χ1) is 25.5. The molecule has 2 saturated carbocycles. The maximum Gasteiger partial charge on any atom is 0.268 e. The molecule has 2 aromatic carbocycles. The third-order valence-electron chi connectivity index (χ3n) is 10.6. The van der Waals surface area contributed by atoms with Gasteiger partial charge in [0.1, 0.15) is 30.3 Å². The fourth-order valence-corrected chi connectivity index (χ4v) is 8.45. The maximum absolute atomic E-state index is 14.8. The van der Waals surface area contributed by atoms with Crippen LogP contribution in [0.5, 0.6) is 17.4 Å². The van der Waals surface area contributed by atoms with Gasteiger partial charge in [-0.25, -0.2) is 13.4 Å². The van der Waals surface area contributed by atoms with Gasteiger partial charge in [-0.2, -0.15) is 0 Å². The van der Waals surface area contributed by atoms with Gasteiger partial charge in [0.05, 0.1) is 11.8 Å².